The zero-order valence-corrected chi connectivity index (χ0v) is 19.8. The SMILES string of the molecule is CC(C)(C)c1ccc(C2=NC(=Cc3cccc(OCc4ccc(Br)cc4)c3)C(=O)O2)cc1. The summed E-state index contributed by atoms with van der Waals surface area (Å²) in [5.74, 6) is 0.584. The Morgan fingerprint density at radius 3 is 2.41 bits per heavy atom. The van der Waals surface area contributed by atoms with Crippen LogP contribution >= 0.6 is 15.9 Å². The summed E-state index contributed by atoms with van der Waals surface area (Å²) in [4.78, 5) is 16.8. The molecule has 4 rings (SSSR count). The standard InChI is InChI=1S/C27H24BrNO3/c1-27(2,3)21-11-9-20(10-12-21)25-29-24(26(30)32-25)16-19-5-4-6-23(15-19)31-17-18-7-13-22(28)14-8-18/h4-16H,17H2,1-3H3. The van der Waals surface area contributed by atoms with Crippen LogP contribution in [0.1, 0.15) is 43.0 Å². The Morgan fingerprint density at radius 2 is 1.72 bits per heavy atom. The van der Waals surface area contributed by atoms with Crippen LogP contribution in [-0.2, 0) is 21.6 Å². The van der Waals surface area contributed by atoms with Gasteiger partial charge in [-0.1, -0.05) is 73.1 Å². The Balaban J connectivity index is 1.49. The van der Waals surface area contributed by atoms with Crippen molar-refractivity contribution in [1.82, 2.24) is 0 Å². The van der Waals surface area contributed by atoms with Gasteiger partial charge in [-0.05, 0) is 64.6 Å². The number of esters is 1. The Labute approximate surface area is 196 Å². The zero-order valence-electron chi connectivity index (χ0n) is 18.3. The molecule has 1 aliphatic rings. The van der Waals surface area contributed by atoms with E-state index in [0.29, 0.717) is 12.5 Å². The molecule has 0 aliphatic carbocycles. The molecule has 4 nitrogen and oxygen atoms in total. The Bertz CT molecular complexity index is 1190. The van der Waals surface area contributed by atoms with Crippen molar-refractivity contribution in [3.63, 3.8) is 0 Å². The van der Waals surface area contributed by atoms with Crippen LogP contribution in [0.25, 0.3) is 6.08 Å². The number of hydrogen-bond acceptors (Lipinski definition) is 4. The molecule has 1 aliphatic heterocycles. The lowest BCUT2D eigenvalue weighted by Crippen LogP contribution is -2.11. The molecule has 162 valence electrons. The third-order valence-electron chi connectivity index (χ3n) is 5.10. The van der Waals surface area contributed by atoms with Gasteiger partial charge >= 0.3 is 5.97 Å². The van der Waals surface area contributed by atoms with Gasteiger partial charge in [-0.25, -0.2) is 9.79 Å². The van der Waals surface area contributed by atoms with E-state index < -0.39 is 5.97 Å². The maximum absolute atomic E-state index is 12.4. The van der Waals surface area contributed by atoms with E-state index in [-0.39, 0.29) is 11.1 Å². The summed E-state index contributed by atoms with van der Waals surface area (Å²) < 4.78 is 12.3. The molecule has 0 spiro atoms. The van der Waals surface area contributed by atoms with E-state index in [1.54, 1.807) is 6.08 Å². The van der Waals surface area contributed by atoms with E-state index in [4.69, 9.17) is 9.47 Å². The van der Waals surface area contributed by atoms with E-state index in [2.05, 4.69) is 41.7 Å². The molecule has 0 unspecified atom stereocenters. The zero-order chi connectivity index (χ0) is 22.7. The molecule has 0 saturated heterocycles. The number of benzene rings is 3. The predicted molar refractivity (Wildman–Crippen MR) is 131 cm³/mol. The fourth-order valence-electron chi connectivity index (χ4n) is 3.24. The molecule has 0 N–H and O–H groups in total. The third kappa shape index (κ3) is 5.35. The highest BCUT2D eigenvalue weighted by Crippen LogP contribution is 2.25. The second-order valence-electron chi connectivity index (χ2n) is 8.65. The van der Waals surface area contributed by atoms with Crippen molar-refractivity contribution in [2.24, 2.45) is 4.99 Å². The van der Waals surface area contributed by atoms with Gasteiger partial charge in [0.05, 0.1) is 0 Å². The van der Waals surface area contributed by atoms with Crippen molar-refractivity contribution in [3.05, 3.63) is 105 Å². The van der Waals surface area contributed by atoms with E-state index in [1.807, 2.05) is 72.8 Å². The van der Waals surface area contributed by atoms with Gasteiger partial charge in [0.2, 0.25) is 5.90 Å². The van der Waals surface area contributed by atoms with Gasteiger partial charge in [-0.15, -0.1) is 0 Å². The first-order chi connectivity index (χ1) is 15.3. The van der Waals surface area contributed by atoms with Crippen LogP contribution in [0.15, 0.2) is 88.0 Å². The first-order valence-corrected chi connectivity index (χ1v) is 11.2. The lowest BCUT2D eigenvalue weighted by Gasteiger charge is -2.18. The smallest absolute Gasteiger partial charge is 0.363 e. The normalized spacial score (nSPS) is 14.9. The van der Waals surface area contributed by atoms with Gasteiger partial charge in [0.15, 0.2) is 5.70 Å². The number of nitrogens with zero attached hydrogens (tertiary/aromatic N) is 1. The van der Waals surface area contributed by atoms with Gasteiger partial charge in [0.1, 0.15) is 12.4 Å². The quantitative estimate of drug-likeness (QED) is 0.297. The minimum absolute atomic E-state index is 0.0577. The monoisotopic (exact) mass is 489 g/mol. The van der Waals surface area contributed by atoms with Crippen molar-refractivity contribution < 1.29 is 14.3 Å². The van der Waals surface area contributed by atoms with Gasteiger partial charge < -0.3 is 9.47 Å². The summed E-state index contributed by atoms with van der Waals surface area (Å²) in [6.45, 7) is 6.94. The highest BCUT2D eigenvalue weighted by Gasteiger charge is 2.24. The van der Waals surface area contributed by atoms with Gasteiger partial charge in [-0.3, -0.25) is 0 Å². The Kier molecular flexibility index (Phi) is 6.28. The second kappa shape index (κ2) is 9.13. The average molecular weight is 490 g/mol. The van der Waals surface area contributed by atoms with Crippen LogP contribution in [0.4, 0.5) is 0 Å². The Hall–Kier alpha value is -3.18. The summed E-state index contributed by atoms with van der Waals surface area (Å²) >= 11 is 3.43. The number of aliphatic imine (C=N–C) groups is 1. The van der Waals surface area contributed by atoms with E-state index >= 15 is 0 Å². The number of halogens is 1. The van der Waals surface area contributed by atoms with Crippen LogP contribution in [-0.4, -0.2) is 11.9 Å². The van der Waals surface area contributed by atoms with Crippen LogP contribution in [0.3, 0.4) is 0 Å². The number of rotatable bonds is 5. The number of cyclic esters (lactones) is 1. The van der Waals surface area contributed by atoms with E-state index in [9.17, 15) is 4.79 Å². The summed E-state index contributed by atoms with van der Waals surface area (Å²) in [6, 6.07) is 23.5. The summed E-state index contributed by atoms with van der Waals surface area (Å²) in [6.07, 6.45) is 1.71. The molecule has 5 heteroatoms. The van der Waals surface area contributed by atoms with Gasteiger partial charge in [-0.2, -0.15) is 0 Å². The molecule has 0 amide bonds. The number of carbonyl (C=O) groups is 1. The molecular weight excluding hydrogens is 466 g/mol. The van der Waals surface area contributed by atoms with Crippen LogP contribution in [0.2, 0.25) is 0 Å². The molecule has 0 radical (unpaired) electrons. The third-order valence-corrected chi connectivity index (χ3v) is 5.63. The summed E-state index contributed by atoms with van der Waals surface area (Å²) in [5, 5.41) is 0. The predicted octanol–water partition coefficient (Wildman–Crippen LogP) is 6.67. The maximum atomic E-state index is 12.4. The first-order valence-electron chi connectivity index (χ1n) is 10.4. The van der Waals surface area contributed by atoms with Crippen molar-refractivity contribution >= 4 is 33.9 Å². The molecule has 3 aromatic carbocycles. The molecule has 0 fully saturated rings. The van der Waals surface area contributed by atoms with Gasteiger partial charge in [0, 0.05) is 10.0 Å². The van der Waals surface area contributed by atoms with Crippen LogP contribution in [0, 0.1) is 0 Å². The fourth-order valence-corrected chi connectivity index (χ4v) is 3.51. The van der Waals surface area contributed by atoms with E-state index in [0.717, 1.165) is 26.9 Å². The topological polar surface area (TPSA) is 47.9 Å². The number of hydrogen-bond donors (Lipinski definition) is 0. The highest BCUT2D eigenvalue weighted by atomic mass is 79.9. The fraction of sp³-hybridized carbons (Fsp3) is 0.185. The number of ether oxygens (including phenoxy) is 2. The maximum Gasteiger partial charge on any atom is 0.363 e. The van der Waals surface area contributed by atoms with Crippen molar-refractivity contribution in [1.29, 1.82) is 0 Å². The second-order valence-corrected chi connectivity index (χ2v) is 9.57. The molecular formula is C27H24BrNO3. The summed E-state index contributed by atoms with van der Waals surface area (Å²) in [5.41, 5.74) is 4.21. The molecule has 3 aromatic rings. The van der Waals surface area contributed by atoms with E-state index in [1.165, 1.54) is 5.56 Å². The molecule has 0 bridgehead atoms. The molecule has 0 saturated carbocycles. The minimum Gasteiger partial charge on any atom is -0.489 e. The van der Waals surface area contributed by atoms with Crippen molar-refractivity contribution in [2.45, 2.75) is 32.8 Å². The average Bonchev–Trinajstić information content (AvgIpc) is 3.13. The molecule has 1 heterocycles. The molecule has 0 aromatic heterocycles. The van der Waals surface area contributed by atoms with Crippen LogP contribution < -0.4 is 4.74 Å². The summed E-state index contributed by atoms with van der Waals surface area (Å²) in [7, 11) is 0. The molecule has 32 heavy (non-hydrogen) atoms. The molecule has 0 atom stereocenters. The van der Waals surface area contributed by atoms with Crippen LogP contribution in [0.5, 0.6) is 5.75 Å². The van der Waals surface area contributed by atoms with Gasteiger partial charge in [0.25, 0.3) is 0 Å². The lowest BCUT2D eigenvalue weighted by atomic mass is 9.87. The highest BCUT2D eigenvalue weighted by molar-refractivity contribution is 9.10. The van der Waals surface area contributed by atoms with Crippen molar-refractivity contribution in [2.75, 3.05) is 0 Å². The van der Waals surface area contributed by atoms with Crippen molar-refractivity contribution in [3.8, 4) is 5.75 Å². The lowest BCUT2D eigenvalue weighted by molar-refractivity contribution is -0.129. The number of carbonyl (C=O) groups excluding carboxylic acids is 1. The first kappa shape index (κ1) is 22.0. The minimum atomic E-state index is -0.457. The Morgan fingerprint density at radius 1 is 1.00 bits per heavy atom. The largest absolute Gasteiger partial charge is 0.489 e.